The maximum Gasteiger partial charge on any atom is 0.157 e. The molecule has 3 heteroatoms. The molecule has 2 nitrogen and oxygen atoms in total. The molecule has 0 amide bonds. The molecule has 20 heavy (non-hydrogen) atoms. The summed E-state index contributed by atoms with van der Waals surface area (Å²) in [7, 11) is 0. The summed E-state index contributed by atoms with van der Waals surface area (Å²) in [6.07, 6.45) is 9.10. The molecule has 1 heterocycles. The summed E-state index contributed by atoms with van der Waals surface area (Å²) in [5, 5.41) is 4.99. The van der Waals surface area contributed by atoms with E-state index in [1.54, 1.807) is 0 Å². The van der Waals surface area contributed by atoms with Crippen LogP contribution in [0.5, 0.6) is 0 Å². The van der Waals surface area contributed by atoms with Gasteiger partial charge in [-0.1, -0.05) is 55.3 Å². The summed E-state index contributed by atoms with van der Waals surface area (Å²) in [6.45, 7) is 0. The Morgan fingerprint density at radius 2 is 1.75 bits per heavy atom. The van der Waals surface area contributed by atoms with Crippen LogP contribution < -0.4 is 5.32 Å². The van der Waals surface area contributed by atoms with Crippen molar-refractivity contribution in [2.24, 2.45) is 4.99 Å². The highest BCUT2D eigenvalue weighted by Crippen LogP contribution is 2.36. The van der Waals surface area contributed by atoms with E-state index in [4.69, 9.17) is 4.99 Å². The third kappa shape index (κ3) is 2.37. The highest BCUT2D eigenvalue weighted by Gasteiger charge is 2.38. The number of nitrogens with zero attached hydrogens (tertiary/aromatic N) is 1. The van der Waals surface area contributed by atoms with Gasteiger partial charge in [-0.2, -0.15) is 0 Å². The van der Waals surface area contributed by atoms with Gasteiger partial charge in [0.05, 0.1) is 6.04 Å². The van der Waals surface area contributed by atoms with Gasteiger partial charge < -0.3 is 5.32 Å². The van der Waals surface area contributed by atoms with Crippen molar-refractivity contribution in [1.29, 1.82) is 0 Å². The zero-order chi connectivity index (χ0) is 13.4. The van der Waals surface area contributed by atoms with E-state index in [9.17, 15) is 0 Å². The first kappa shape index (κ1) is 12.8. The number of hydrogen-bond donors (Lipinski definition) is 1. The first-order valence-corrected chi connectivity index (χ1v) is 8.87. The fraction of sp³-hybridized carbons (Fsp3) is 0.588. The summed E-state index contributed by atoms with van der Waals surface area (Å²) in [6, 6.07) is 9.27. The van der Waals surface area contributed by atoms with Crippen LogP contribution in [-0.2, 0) is 12.8 Å². The van der Waals surface area contributed by atoms with Crippen molar-refractivity contribution in [3.63, 3.8) is 0 Å². The Kier molecular flexibility index (Phi) is 3.25. The second-order valence-electron chi connectivity index (χ2n) is 6.52. The summed E-state index contributed by atoms with van der Waals surface area (Å²) in [4.78, 5) is 5.01. The van der Waals surface area contributed by atoms with Crippen LogP contribution in [-0.4, -0.2) is 22.5 Å². The molecule has 1 spiro atoms. The van der Waals surface area contributed by atoms with Crippen LogP contribution in [0.15, 0.2) is 29.3 Å². The smallest absolute Gasteiger partial charge is 0.157 e. The Morgan fingerprint density at radius 3 is 2.45 bits per heavy atom. The van der Waals surface area contributed by atoms with Crippen LogP contribution in [0.25, 0.3) is 0 Å². The van der Waals surface area contributed by atoms with Crippen molar-refractivity contribution in [2.75, 3.05) is 5.75 Å². The van der Waals surface area contributed by atoms with Crippen LogP contribution in [0.2, 0.25) is 0 Å². The van der Waals surface area contributed by atoms with Gasteiger partial charge in [0.15, 0.2) is 5.17 Å². The predicted octanol–water partition coefficient (Wildman–Crippen LogP) is 3.55. The molecular weight excluding hydrogens is 264 g/mol. The number of rotatable bonds is 1. The maximum atomic E-state index is 5.01. The zero-order valence-corrected chi connectivity index (χ0v) is 12.7. The number of amidine groups is 1. The second-order valence-corrected chi connectivity index (χ2v) is 7.48. The monoisotopic (exact) mass is 286 g/mol. The minimum Gasteiger partial charge on any atom is -0.359 e. The van der Waals surface area contributed by atoms with Crippen molar-refractivity contribution in [3.05, 3.63) is 35.4 Å². The molecule has 1 saturated heterocycles. The number of nitrogens with one attached hydrogen (secondary N) is 1. The summed E-state index contributed by atoms with van der Waals surface area (Å²) >= 11 is 1.95. The van der Waals surface area contributed by atoms with E-state index in [0.29, 0.717) is 11.6 Å². The van der Waals surface area contributed by atoms with E-state index in [2.05, 4.69) is 29.6 Å². The minimum atomic E-state index is 0.382. The third-order valence-corrected chi connectivity index (χ3v) is 6.18. The highest BCUT2D eigenvalue weighted by atomic mass is 32.2. The van der Waals surface area contributed by atoms with E-state index in [0.717, 1.165) is 12.8 Å². The molecule has 1 aliphatic heterocycles. The van der Waals surface area contributed by atoms with E-state index in [1.165, 1.54) is 54.2 Å². The molecule has 1 aromatic carbocycles. The van der Waals surface area contributed by atoms with Gasteiger partial charge in [-0.15, -0.1) is 0 Å². The van der Waals surface area contributed by atoms with Crippen LogP contribution in [0.1, 0.15) is 43.2 Å². The third-order valence-electron chi connectivity index (χ3n) is 5.00. The van der Waals surface area contributed by atoms with Crippen molar-refractivity contribution in [1.82, 2.24) is 5.32 Å². The fourth-order valence-corrected chi connectivity index (χ4v) is 5.15. The van der Waals surface area contributed by atoms with E-state index < -0.39 is 0 Å². The predicted molar refractivity (Wildman–Crippen MR) is 86.5 cm³/mol. The molecule has 1 N–H and O–H groups in total. The van der Waals surface area contributed by atoms with E-state index >= 15 is 0 Å². The fourth-order valence-electron chi connectivity index (χ4n) is 3.87. The average molecular weight is 286 g/mol. The number of hydrogen-bond acceptors (Lipinski definition) is 2. The number of fused-ring (bicyclic) bond motifs is 1. The lowest BCUT2D eigenvalue weighted by atomic mass is 9.83. The standard InChI is InChI=1S/C17H22N2S/c1-4-8-17(9-5-1)12-20-16(19-17)18-15-10-13-6-2-3-7-14(13)11-15/h2-3,6-7,15H,1,4-5,8-12H2,(H,18,19). The molecule has 0 radical (unpaired) electrons. The van der Waals surface area contributed by atoms with Gasteiger partial charge in [0.2, 0.25) is 0 Å². The normalized spacial score (nSPS) is 26.9. The Balaban J connectivity index is 1.45. The van der Waals surface area contributed by atoms with E-state index in [1.807, 2.05) is 11.8 Å². The van der Waals surface area contributed by atoms with Crippen LogP contribution in [0.4, 0.5) is 0 Å². The lowest BCUT2D eigenvalue weighted by Crippen LogP contribution is -2.45. The molecule has 1 saturated carbocycles. The highest BCUT2D eigenvalue weighted by molar-refractivity contribution is 8.14. The van der Waals surface area contributed by atoms with E-state index in [-0.39, 0.29) is 0 Å². The van der Waals surface area contributed by atoms with Crippen LogP contribution >= 0.6 is 11.8 Å². The first-order valence-electron chi connectivity index (χ1n) is 7.89. The van der Waals surface area contributed by atoms with Crippen molar-refractivity contribution >= 4 is 16.9 Å². The van der Waals surface area contributed by atoms with Crippen molar-refractivity contribution in [2.45, 2.75) is 56.5 Å². The molecule has 2 fully saturated rings. The quantitative estimate of drug-likeness (QED) is 0.854. The molecule has 0 bridgehead atoms. The van der Waals surface area contributed by atoms with Crippen LogP contribution in [0, 0.1) is 0 Å². The van der Waals surface area contributed by atoms with Gasteiger partial charge in [0.25, 0.3) is 0 Å². The Bertz CT molecular complexity index is 507. The van der Waals surface area contributed by atoms with Gasteiger partial charge in [0, 0.05) is 11.3 Å². The Hall–Kier alpha value is -0.960. The maximum absolute atomic E-state index is 5.01. The van der Waals surface area contributed by atoms with Gasteiger partial charge in [-0.05, 0) is 36.8 Å². The largest absolute Gasteiger partial charge is 0.359 e. The molecular formula is C17H22N2S. The number of thioether (sulfide) groups is 1. The Labute approximate surface area is 125 Å². The summed E-state index contributed by atoms with van der Waals surface area (Å²) in [5.74, 6) is 1.23. The van der Waals surface area contributed by atoms with Gasteiger partial charge in [-0.25, -0.2) is 0 Å². The van der Waals surface area contributed by atoms with Crippen molar-refractivity contribution < 1.29 is 0 Å². The molecule has 2 aliphatic carbocycles. The van der Waals surface area contributed by atoms with Crippen LogP contribution in [0.3, 0.4) is 0 Å². The van der Waals surface area contributed by atoms with Crippen molar-refractivity contribution in [3.8, 4) is 0 Å². The number of benzene rings is 1. The second kappa shape index (κ2) is 5.10. The Morgan fingerprint density at radius 1 is 1.05 bits per heavy atom. The van der Waals surface area contributed by atoms with Gasteiger partial charge >= 0.3 is 0 Å². The SMILES string of the molecule is c1ccc2c(c1)CC(N=C1NC3(CCCCC3)CS1)C2. The molecule has 0 aromatic heterocycles. The minimum absolute atomic E-state index is 0.382. The summed E-state index contributed by atoms with van der Waals surface area (Å²) in [5.41, 5.74) is 3.38. The first-order chi connectivity index (χ1) is 9.83. The number of aliphatic imine (C=N–C) groups is 1. The molecule has 4 rings (SSSR count). The molecule has 3 aliphatic rings. The molecule has 0 unspecified atom stereocenters. The lowest BCUT2D eigenvalue weighted by molar-refractivity contribution is 0.303. The van der Waals surface area contributed by atoms with Gasteiger partial charge in [0.1, 0.15) is 0 Å². The molecule has 0 atom stereocenters. The topological polar surface area (TPSA) is 24.4 Å². The molecule has 106 valence electrons. The summed E-state index contributed by atoms with van der Waals surface area (Å²) < 4.78 is 0. The zero-order valence-electron chi connectivity index (χ0n) is 11.9. The lowest BCUT2D eigenvalue weighted by Gasteiger charge is -2.32. The van der Waals surface area contributed by atoms with Gasteiger partial charge in [-0.3, -0.25) is 4.99 Å². The average Bonchev–Trinajstić information content (AvgIpc) is 3.04. The molecule has 1 aromatic rings.